The highest BCUT2D eigenvalue weighted by Gasteiger charge is 2.24. The molecule has 1 aromatic rings. The van der Waals surface area contributed by atoms with Crippen LogP contribution in [0.2, 0.25) is 0 Å². The van der Waals surface area contributed by atoms with Gasteiger partial charge in [0, 0.05) is 24.4 Å². The van der Waals surface area contributed by atoms with Gasteiger partial charge in [0.05, 0.1) is 11.8 Å². The minimum Gasteiger partial charge on any atom is -0.376 e. The number of carbonyl (C=O) groups excluding carboxylic acids is 2. The molecule has 2 rings (SSSR count). The number of unbranched alkanes of at least 4 members (excludes halogenated alkanes) is 2. The third kappa shape index (κ3) is 6.40. The smallest absolute Gasteiger partial charge is 0.245 e. The summed E-state index contributed by atoms with van der Waals surface area (Å²) in [6, 6.07) is 0. The summed E-state index contributed by atoms with van der Waals surface area (Å²) >= 11 is 1.46. The molecular formula is C18H29N3O3S. The molecule has 25 heavy (non-hydrogen) atoms. The molecular weight excluding hydrogens is 338 g/mol. The lowest BCUT2D eigenvalue weighted by Gasteiger charge is -2.25. The van der Waals surface area contributed by atoms with E-state index in [4.69, 9.17) is 4.74 Å². The van der Waals surface area contributed by atoms with Crippen LogP contribution in [0, 0.1) is 13.8 Å². The molecule has 1 atom stereocenters. The zero-order valence-corrected chi connectivity index (χ0v) is 16.3. The molecule has 1 unspecified atom stereocenters. The first-order valence-electron chi connectivity index (χ1n) is 9.12. The fourth-order valence-corrected chi connectivity index (χ4v) is 3.66. The summed E-state index contributed by atoms with van der Waals surface area (Å²) in [5, 5.41) is 3.41. The number of thiazole rings is 1. The van der Waals surface area contributed by atoms with Crippen LogP contribution in [0.3, 0.4) is 0 Å². The molecule has 1 aliphatic rings. The molecule has 2 amide bonds. The second-order valence-corrected chi connectivity index (χ2v) is 7.78. The van der Waals surface area contributed by atoms with Gasteiger partial charge >= 0.3 is 0 Å². The van der Waals surface area contributed by atoms with Gasteiger partial charge in [-0.05, 0) is 33.1 Å². The van der Waals surface area contributed by atoms with Crippen molar-refractivity contribution < 1.29 is 14.3 Å². The summed E-state index contributed by atoms with van der Waals surface area (Å²) in [5.41, 5.74) is 0.923. The van der Waals surface area contributed by atoms with Gasteiger partial charge in [0.2, 0.25) is 11.8 Å². The van der Waals surface area contributed by atoms with Crippen LogP contribution in [0.4, 0.5) is 5.13 Å². The molecule has 6 nitrogen and oxygen atoms in total. The molecule has 0 spiro atoms. The second-order valence-electron chi connectivity index (χ2n) is 6.58. The Bertz CT molecular complexity index is 563. The van der Waals surface area contributed by atoms with Crippen molar-refractivity contribution in [1.29, 1.82) is 0 Å². The lowest BCUT2D eigenvalue weighted by molar-refractivity contribution is -0.136. The number of ether oxygens (including phenoxy) is 1. The highest BCUT2D eigenvalue weighted by Crippen LogP contribution is 2.21. The van der Waals surface area contributed by atoms with E-state index in [-0.39, 0.29) is 24.5 Å². The van der Waals surface area contributed by atoms with E-state index in [0.29, 0.717) is 18.1 Å². The summed E-state index contributed by atoms with van der Waals surface area (Å²) in [6.07, 6.45) is 5.48. The van der Waals surface area contributed by atoms with Crippen molar-refractivity contribution in [2.45, 2.75) is 65.4 Å². The number of rotatable bonds is 9. The van der Waals surface area contributed by atoms with E-state index in [0.717, 1.165) is 49.3 Å². The second kappa shape index (κ2) is 9.87. The van der Waals surface area contributed by atoms with Crippen molar-refractivity contribution >= 4 is 28.3 Å². The first-order valence-corrected chi connectivity index (χ1v) is 9.94. The molecule has 1 aromatic heterocycles. The number of anilines is 1. The Labute approximate surface area is 154 Å². The summed E-state index contributed by atoms with van der Waals surface area (Å²) < 4.78 is 5.64. The highest BCUT2D eigenvalue weighted by molar-refractivity contribution is 7.15. The van der Waals surface area contributed by atoms with Crippen molar-refractivity contribution in [2.75, 3.05) is 25.0 Å². The van der Waals surface area contributed by atoms with E-state index in [1.165, 1.54) is 11.3 Å². The summed E-state index contributed by atoms with van der Waals surface area (Å²) in [4.78, 5) is 32.0. The van der Waals surface area contributed by atoms with Crippen LogP contribution in [-0.4, -0.2) is 47.5 Å². The fourth-order valence-electron chi connectivity index (χ4n) is 2.83. The zero-order valence-electron chi connectivity index (χ0n) is 15.5. The first-order chi connectivity index (χ1) is 12.0. The maximum atomic E-state index is 12.5. The van der Waals surface area contributed by atoms with Crippen molar-refractivity contribution in [3.05, 3.63) is 10.6 Å². The number of aryl methyl sites for hydroxylation is 2. The Balaban J connectivity index is 1.92. The van der Waals surface area contributed by atoms with Crippen molar-refractivity contribution in [2.24, 2.45) is 0 Å². The lowest BCUT2D eigenvalue weighted by Crippen LogP contribution is -2.42. The van der Waals surface area contributed by atoms with Crippen LogP contribution in [0.5, 0.6) is 0 Å². The van der Waals surface area contributed by atoms with Gasteiger partial charge in [-0.2, -0.15) is 0 Å². The Hall–Kier alpha value is -1.47. The van der Waals surface area contributed by atoms with Gasteiger partial charge in [-0.3, -0.25) is 9.59 Å². The maximum Gasteiger partial charge on any atom is 0.245 e. The van der Waals surface area contributed by atoms with E-state index in [2.05, 4.69) is 17.2 Å². The third-order valence-electron chi connectivity index (χ3n) is 4.40. The fraction of sp³-hybridized carbons (Fsp3) is 0.722. The van der Waals surface area contributed by atoms with Crippen molar-refractivity contribution in [1.82, 2.24) is 9.88 Å². The van der Waals surface area contributed by atoms with Crippen molar-refractivity contribution in [3.8, 4) is 0 Å². The van der Waals surface area contributed by atoms with Gasteiger partial charge in [0.1, 0.15) is 6.54 Å². The van der Waals surface area contributed by atoms with E-state index >= 15 is 0 Å². The Morgan fingerprint density at radius 3 is 2.76 bits per heavy atom. The predicted octanol–water partition coefficient (Wildman–Crippen LogP) is 3.29. The molecule has 0 bridgehead atoms. The van der Waals surface area contributed by atoms with Crippen molar-refractivity contribution in [3.63, 3.8) is 0 Å². The minimum absolute atomic E-state index is 0.0330. The monoisotopic (exact) mass is 367 g/mol. The molecule has 0 aromatic carbocycles. The number of carbonyl (C=O) groups is 2. The molecule has 1 fully saturated rings. The molecule has 1 saturated heterocycles. The largest absolute Gasteiger partial charge is 0.376 e. The first kappa shape index (κ1) is 19.8. The van der Waals surface area contributed by atoms with E-state index in [9.17, 15) is 9.59 Å². The third-order valence-corrected chi connectivity index (χ3v) is 5.39. The number of hydrogen-bond acceptors (Lipinski definition) is 5. The highest BCUT2D eigenvalue weighted by atomic mass is 32.1. The minimum atomic E-state index is -0.199. The summed E-state index contributed by atoms with van der Waals surface area (Å²) in [7, 11) is 0. The molecule has 1 N–H and O–H groups in total. The summed E-state index contributed by atoms with van der Waals surface area (Å²) in [5.74, 6) is -0.166. The van der Waals surface area contributed by atoms with Gasteiger partial charge in [-0.15, -0.1) is 11.3 Å². The van der Waals surface area contributed by atoms with E-state index in [1.54, 1.807) is 4.90 Å². The molecule has 0 saturated carbocycles. The van der Waals surface area contributed by atoms with Gasteiger partial charge in [0.25, 0.3) is 0 Å². The molecule has 0 radical (unpaired) electrons. The average Bonchev–Trinajstić information content (AvgIpc) is 3.17. The standard InChI is InChI=1S/C18H29N3O3S/c1-4-5-6-9-17(23)21(11-15-8-7-10-24-15)12-16(22)20-18-19-13(2)14(3)25-18/h15H,4-12H2,1-3H3,(H,19,20,22). The number of aromatic nitrogens is 1. The van der Waals surface area contributed by atoms with Crippen LogP contribution >= 0.6 is 11.3 Å². The van der Waals surface area contributed by atoms with Gasteiger partial charge in [-0.1, -0.05) is 19.8 Å². The van der Waals surface area contributed by atoms with E-state index < -0.39 is 0 Å². The molecule has 0 aliphatic carbocycles. The maximum absolute atomic E-state index is 12.5. The topological polar surface area (TPSA) is 71.5 Å². The number of nitrogens with zero attached hydrogens (tertiary/aromatic N) is 2. The van der Waals surface area contributed by atoms with Crippen LogP contribution in [0.1, 0.15) is 56.0 Å². The van der Waals surface area contributed by atoms with Crippen LogP contribution in [0.15, 0.2) is 0 Å². The Kier molecular flexibility index (Phi) is 7.84. The van der Waals surface area contributed by atoms with Crippen LogP contribution in [0.25, 0.3) is 0 Å². The normalized spacial score (nSPS) is 16.8. The van der Waals surface area contributed by atoms with E-state index in [1.807, 2.05) is 13.8 Å². The van der Waals surface area contributed by atoms with Crippen LogP contribution in [-0.2, 0) is 14.3 Å². The van der Waals surface area contributed by atoms with Gasteiger partial charge < -0.3 is 15.0 Å². The average molecular weight is 368 g/mol. The number of nitrogens with one attached hydrogen (secondary N) is 1. The number of hydrogen-bond donors (Lipinski definition) is 1. The Morgan fingerprint density at radius 1 is 1.36 bits per heavy atom. The molecule has 1 aliphatic heterocycles. The molecule has 140 valence electrons. The summed E-state index contributed by atoms with van der Waals surface area (Å²) in [6.45, 7) is 7.30. The van der Waals surface area contributed by atoms with Crippen LogP contribution < -0.4 is 5.32 Å². The molecule has 2 heterocycles. The zero-order chi connectivity index (χ0) is 18.2. The number of amides is 2. The quantitative estimate of drug-likeness (QED) is 0.680. The predicted molar refractivity (Wildman–Crippen MR) is 99.9 cm³/mol. The SMILES string of the molecule is CCCCCC(=O)N(CC(=O)Nc1nc(C)c(C)s1)CC1CCCO1. The van der Waals surface area contributed by atoms with Gasteiger partial charge in [-0.25, -0.2) is 4.98 Å². The lowest BCUT2D eigenvalue weighted by atomic mass is 10.1. The Morgan fingerprint density at radius 2 is 2.16 bits per heavy atom. The van der Waals surface area contributed by atoms with Gasteiger partial charge in [0.15, 0.2) is 5.13 Å². The molecule has 7 heteroatoms.